The number of esters is 1. The van der Waals surface area contributed by atoms with Crippen LogP contribution in [0.2, 0.25) is 0 Å². The number of carbonyl (C=O) groups is 2. The van der Waals surface area contributed by atoms with Crippen molar-refractivity contribution in [1.82, 2.24) is 5.32 Å². The van der Waals surface area contributed by atoms with E-state index in [4.69, 9.17) is 18.9 Å². The van der Waals surface area contributed by atoms with Crippen molar-refractivity contribution in [2.24, 2.45) is 0 Å². The Hall–Kier alpha value is -3.22. The fraction of sp³-hybridized carbons (Fsp3) is 0.333. The van der Waals surface area contributed by atoms with Crippen molar-refractivity contribution in [1.29, 1.82) is 0 Å². The van der Waals surface area contributed by atoms with Gasteiger partial charge in [0.2, 0.25) is 6.79 Å². The van der Waals surface area contributed by atoms with Crippen molar-refractivity contribution in [3.63, 3.8) is 0 Å². The second-order valence-electron chi connectivity index (χ2n) is 6.45. The van der Waals surface area contributed by atoms with Crippen molar-refractivity contribution in [3.05, 3.63) is 53.6 Å². The Bertz CT molecular complexity index is 851. The normalized spacial score (nSPS) is 12.9. The first-order valence-electron chi connectivity index (χ1n) is 9.06. The molecule has 1 atom stereocenters. The lowest BCUT2D eigenvalue weighted by atomic mass is 10.2. The zero-order valence-electron chi connectivity index (χ0n) is 15.9. The van der Waals surface area contributed by atoms with Gasteiger partial charge in [0, 0.05) is 6.54 Å². The predicted molar refractivity (Wildman–Crippen MR) is 101 cm³/mol. The molecule has 1 amide bonds. The van der Waals surface area contributed by atoms with Gasteiger partial charge in [-0.25, -0.2) is 0 Å². The molecule has 7 nitrogen and oxygen atoms in total. The summed E-state index contributed by atoms with van der Waals surface area (Å²) in [5.41, 5.74) is 1.94. The topological polar surface area (TPSA) is 83.1 Å². The maximum Gasteiger partial charge on any atom is 0.310 e. The number of hydrogen-bond donors (Lipinski definition) is 1. The van der Waals surface area contributed by atoms with Crippen LogP contribution in [0.4, 0.5) is 0 Å². The van der Waals surface area contributed by atoms with Crippen molar-refractivity contribution in [2.45, 2.75) is 32.9 Å². The maximum atomic E-state index is 12.1. The minimum atomic E-state index is -0.888. The van der Waals surface area contributed by atoms with Crippen LogP contribution < -0.4 is 19.5 Å². The molecule has 0 bridgehead atoms. The quantitative estimate of drug-likeness (QED) is 0.704. The van der Waals surface area contributed by atoms with Crippen molar-refractivity contribution < 1.29 is 28.5 Å². The Morgan fingerprint density at radius 3 is 2.79 bits per heavy atom. The molecule has 0 radical (unpaired) electrons. The Labute approximate surface area is 163 Å². The summed E-state index contributed by atoms with van der Waals surface area (Å²) in [5.74, 6) is 1.18. The molecular formula is C21H23NO6. The van der Waals surface area contributed by atoms with Crippen LogP contribution in [-0.2, 0) is 20.9 Å². The average molecular weight is 385 g/mol. The number of rotatable bonds is 8. The third-order valence-corrected chi connectivity index (χ3v) is 4.15. The molecule has 0 saturated carbocycles. The van der Waals surface area contributed by atoms with E-state index in [1.165, 1.54) is 6.92 Å². The molecule has 0 spiro atoms. The maximum absolute atomic E-state index is 12.1. The highest BCUT2D eigenvalue weighted by molar-refractivity contribution is 5.83. The van der Waals surface area contributed by atoms with E-state index in [2.05, 4.69) is 5.32 Å². The van der Waals surface area contributed by atoms with Crippen LogP contribution in [0, 0.1) is 6.92 Å². The first-order valence-corrected chi connectivity index (χ1v) is 9.06. The van der Waals surface area contributed by atoms with E-state index in [0.717, 1.165) is 11.1 Å². The monoisotopic (exact) mass is 385 g/mol. The van der Waals surface area contributed by atoms with E-state index in [1.807, 2.05) is 43.3 Å². The lowest BCUT2D eigenvalue weighted by Crippen LogP contribution is -2.35. The van der Waals surface area contributed by atoms with Crippen LogP contribution in [0.3, 0.4) is 0 Å². The first kappa shape index (κ1) is 19.5. The molecular weight excluding hydrogens is 362 g/mol. The standard InChI is InChI=1S/C21H23NO6/c1-14-4-3-5-17(10-14)25-9-8-20(23)28-15(2)21(24)22-12-16-6-7-18-19(11-16)27-13-26-18/h3-7,10-11,15H,8-9,12-13H2,1-2H3,(H,22,24)/t15-/m1/s1. The second-order valence-corrected chi connectivity index (χ2v) is 6.45. The van der Waals surface area contributed by atoms with E-state index in [9.17, 15) is 9.59 Å². The SMILES string of the molecule is Cc1cccc(OCCC(=O)O[C@H](C)C(=O)NCc2ccc3c(c2)OCO3)c1. The molecule has 1 aliphatic heterocycles. The number of fused-ring (bicyclic) bond motifs is 1. The van der Waals surface area contributed by atoms with Gasteiger partial charge >= 0.3 is 5.97 Å². The zero-order valence-corrected chi connectivity index (χ0v) is 15.9. The zero-order chi connectivity index (χ0) is 19.9. The van der Waals surface area contributed by atoms with Gasteiger partial charge in [-0.1, -0.05) is 18.2 Å². The number of carbonyl (C=O) groups excluding carboxylic acids is 2. The fourth-order valence-corrected chi connectivity index (χ4v) is 2.65. The lowest BCUT2D eigenvalue weighted by Gasteiger charge is -2.14. The third kappa shape index (κ3) is 5.39. The molecule has 7 heteroatoms. The summed E-state index contributed by atoms with van der Waals surface area (Å²) >= 11 is 0. The molecule has 1 heterocycles. The molecule has 1 aliphatic rings. The van der Waals surface area contributed by atoms with E-state index in [-0.39, 0.29) is 25.7 Å². The highest BCUT2D eigenvalue weighted by Gasteiger charge is 2.18. The van der Waals surface area contributed by atoms with Crippen LogP contribution in [0.25, 0.3) is 0 Å². The number of aryl methyl sites for hydroxylation is 1. The average Bonchev–Trinajstić information content (AvgIpc) is 3.14. The summed E-state index contributed by atoms with van der Waals surface area (Å²) in [6.45, 7) is 4.19. The molecule has 0 unspecified atom stereocenters. The fourth-order valence-electron chi connectivity index (χ4n) is 2.65. The van der Waals surface area contributed by atoms with Gasteiger partial charge in [0.15, 0.2) is 17.6 Å². The highest BCUT2D eigenvalue weighted by Crippen LogP contribution is 2.32. The van der Waals surface area contributed by atoms with Gasteiger partial charge in [0.1, 0.15) is 5.75 Å². The Morgan fingerprint density at radius 1 is 1.14 bits per heavy atom. The molecule has 3 rings (SSSR count). The molecule has 0 aliphatic carbocycles. The number of ether oxygens (including phenoxy) is 4. The predicted octanol–water partition coefficient (Wildman–Crippen LogP) is 2.74. The van der Waals surface area contributed by atoms with Crippen LogP contribution in [0.5, 0.6) is 17.2 Å². The second kappa shape index (κ2) is 9.12. The Morgan fingerprint density at radius 2 is 1.96 bits per heavy atom. The van der Waals surface area contributed by atoms with Gasteiger partial charge in [-0.05, 0) is 49.2 Å². The van der Waals surface area contributed by atoms with Crippen molar-refractivity contribution in [2.75, 3.05) is 13.4 Å². The Kier molecular flexibility index (Phi) is 6.37. The summed E-state index contributed by atoms with van der Waals surface area (Å²) in [4.78, 5) is 24.0. The van der Waals surface area contributed by atoms with E-state index >= 15 is 0 Å². The molecule has 148 valence electrons. The minimum Gasteiger partial charge on any atom is -0.493 e. The van der Waals surface area contributed by atoms with Crippen LogP contribution in [0.15, 0.2) is 42.5 Å². The Balaban J connectivity index is 1.38. The first-order chi connectivity index (χ1) is 13.5. The molecule has 28 heavy (non-hydrogen) atoms. The van der Waals surface area contributed by atoms with Gasteiger partial charge in [0.25, 0.3) is 5.91 Å². The summed E-state index contributed by atoms with van der Waals surface area (Å²) in [6, 6.07) is 13.0. The van der Waals surface area contributed by atoms with Crippen LogP contribution >= 0.6 is 0 Å². The number of hydrogen-bond acceptors (Lipinski definition) is 6. The minimum absolute atomic E-state index is 0.0632. The number of nitrogens with one attached hydrogen (secondary N) is 1. The van der Waals surface area contributed by atoms with Gasteiger partial charge in [-0.3, -0.25) is 9.59 Å². The number of benzene rings is 2. The molecule has 1 N–H and O–H groups in total. The van der Waals surface area contributed by atoms with Gasteiger partial charge in [-0.15, -0.1) is 0 Å². The molecule has 2 aromatic carbocycles. The van der Waals surface area contributed by atoms with Gasteiger partial charge in [-0.2, -0.15) is 0 Å². The van der Waals surface area contributed by atoms with E-state index < -0.39 is 12.1 Å². The summed E-state index contributed by atoms with van der Waals surface area (Å²) in [5, 5.41) is 2.74. The third-order valence-electron chi connectivity index (χ3n) is 4.15. The van der Waals surface area contributed by atoms with Crippen LogP contribution in [-0.4, -0.2) is 31.4 Å². The van der Waals surface area contributed by atoms with E-state index in [1.54, 1.807) is 6.07 Å². The van der Waals surface area contributed by atoms with Crippen molar-refractivity contribution in [3.8, 4) is 17.2 Å². The summed E-state index contributed by atoms with van der Waals surface area (Å²) in [7, 11) is 0. The van der Waals surface area contributed by atoms with Crippen LogP contribution in [0.1, 0.15) is 24.5 Å². The molecule has 0 saturated heterocycles. The van der Waals surface area contributed by atoms with Gasteiger partial charge < -0.3 is 24.3 Å². The van der Waals surface area contributed by atoms with Gasteiger partial charge in [0.05, 0.1) is 13.0 Å². The van der Waals surface area contributed by atoms with Crippen molar-refractivity contribution >= 4 is 11.9 Å². The molecule has 2 aromatic rings. The largest absolute Gasteiger partial charge is 0.493 e. The summed E-state index contributed by atoms with van der Waals surface area (Å²) in [6.07, 6.45) is -0.825. The number of amides is 1. The summed E-state index contributed by atoms with van der Waals surface area (Å²) < 4.78 is 21.2. The molecule has 0 aromatic heterocycles. The smallest absolute Gasteiger partial charge is 0.310 e. The molecule has 0 fully saturated rings. The van der Waals surface area contributed by atoms with E-state index in [0.29, 0.717) is 23.8 Å². The highest BCUT2D eigenvalue weighted by atomic mass is 16.7. The lowest BCUT2D eigenvalue weighted by molar-refractivity contribution is -0.155.